The van der Waals surface area contributed by atoms with Gasteiger partial charge in [0.1, 0.15) is 0 Å². The first-order valence-electron chi connectivity index (χ1n) is 5.45. The van der Waals surface area contributed by atoms with Crippen LogP contribution in [0.2, 0.25) is 0 Å². The Hall–Kier alpha value is -1.70. The van der Waals surface area contributed by atoms with E-state index in [0.29, 0.717) is 13.2 Å². The molecule has 16 heavy (non-hydrogen) atoms. The lowest BCUT2D eigenvalue weighted by molar-refractivity contribution is 0.274. The van der Waals surface area contributed by atoms with Crippen molar-refractivity contribution in [2.45, 2.75) is 12.8 Å². The monoisotopic (exact) mass is 218 g/mol. The smallest absolute Gasteiger partial charge is 0.161 e. The van der Waals surface area contributed by atoms with Gasteiger partial charge >= 0.3 is 0 Å². The summed E-state index contributed by atoms with van der Waals surface area (Å²) in [5.74, 6) is 1.57. The largest absolute Gasteiger partial charge is 0.489 e. The van der Waals surface area contributed by atoms with Gasteiger partial charge in [-0.2, -0.15) is 0 Å². The summed E-state index contributed by atoms with van der Waals surface area (Å²) in [5.41, 5.74) is 0. The average Bonchev–Trinajstić information content (AvgIpc) is 2.32. The highest BCUT2D eigenvalue weighted by Gasteiger charge is 2.02. The molecular weight excluding hydrogens is 200 g/mol. The van der Waals surface area contributed by atoms with E-state index < -0.39 is 0 Å². The van der Waals surface area contributed by atoms with Crippen LogP contribution in [0.4, 0.5) is 0 Å². The zero-order chi connectivity index (χ0) is 11.6. The summed E-state index contributed by atoms with van der Waals surface area (Å²) in [4.78, 5) is 0. The molecule has 0 saturated carbocycles. The highest BCUT2D eigenvalue weighted by atomic mass is 16.5. The molecule has 2 heteroatoms. The quantitative estimate of drug-likeness (QED) is 0.490. The summed E-state index contributed by atoms with van der Waals surface area (Å²) in [7, 11) is 0. The second-order valence-corrected chi connectivity index (χ2v) is 3.30. The molecule has 1 rings (SSSR count). The Kier molecular flexibility index (Phi) is 5.86. The summed E-state index contributed by atoms with van der Waals surface area (Å²) < 4.78 is 11.2. The Balaban J connectivity index is 2.52. The van der Waals surface area contributed by atoms with Gasteiger partial charge in [-0.1, -0.05) is 24.3 Å². The average molecular weight is 218 g/mol. The van der Waals surface area contributed by atoms with E-state index in [2.05, 4.69) is 13.2 Å². The van der Waals surface area contributed by atoms with Gasteiger partial charge < -0.3 is 9.47 Å². The molecule has 0 saturated heterocycles. The van der Waals surface area contributed by atoms with E-state index in [1.165, 1.54) is 0 Å². The van der Waals surface area contributed by atoms with Crippen molar-refractivity contribution < 1.29 is 9.47 Å². The normalized spacial score (nSPS) is 9.50. The standard InChI is InChI=1S/C14H18O2/c1-3-5-11-15-13-9-7-8-10-14(13)16-12-6-4-2/h3-4,7-10H,1-2,5-6,11-12H2. The fourth-order valence-corrected chi connectivity index (χ4v) is 1.19. The molecule has 2 nitrogen and oxygen atoms in total. The SMILES string of the molecule is C=CCCOc1ccccc1OCCC=C. The third-order valence-electron chi connectivity index (χ3n) is 2.01. The molecule has 0 aliphatic carbocycles. The highest BCUT2D eigenvalue weighted by Crippen LogP contribution is 2.26. The van der Waals surface area contributed by atoms with Crippen LogP contribution < -0.4 is 9.47 Å². The molecule has 86 valence electrons. The van der Waals surface area contributed by atoms with E-state index in [4.69, 9.17) is 9.47 Å². The van der Waals surface area contributed by atoms with E-state index in [0.717, 1.165) is 24.3 Å². The van der Waals surface area contributed by atoms with Gasteiger partial charge in [-0.15, -0.1) is 13.2 Å². The molecule has 0 unspecified atom stereocenters. The van der Waals surface area contributed by atoms with Crippen molar-refractivity contribution in [1.82, 2.24) is 0 Å². The summed E-state index contributed by atoms with van der Waals surface area (Å²) in [6, 6.07) is 7.69. The number of hydrogen-bond donors (Lipinski definition) is 0. The predicted molar refractivity (Wildman–Crippen MR) is 67.1 cm³/mol. The molecule has 1 aromatic rings. The zero-order valence-electron chi connectivity index (χ0n) is 9.52. The van der Waals surface area contributed by atoms with Crippen molar-refractivity contribution >= 4 is 0 Å². The Morgan fingerprint density at radius 2 is 1.31 bits per heavy atom. The molecule has 0 N–H and O–H groups in total. The van der Waals surface area contributed by atoms with Crippen molar-refractivity contribution in [1.29, 1.82) is 0 Å². The summed E-state index contributed by atoms with van der Waals surface area (Å²) in [6.45, 7) is 8.57. The molecule has 0 heterocycles. The van der Waals surface area contributed by atoms with Gasteiger partial charge in [0.25, 0.3) is 0 Å². The van der Waals surface area contributed by atoms with Gasteiger partial charge in [-0.05, 0) is 25.0 Å². The minimum atomic E-state index is 0.630. The second kappa shape index (κ2) is 7.57. The van der Waals surface area contributed by atoms with Gasteiger partial charge in [0.15, 0.2) is 11.5 Å². The molecule has 0 fully saturated rings. The van der Waals surface area contributed by atoms with E-state index in [-0.39, 0.29) is 0 Å². The molecule has 0 atom stereocenters. The Labute approximate surface area is 97.2 Å². The van der Waals surface area contributed by atoms with Crippen LogP contribution in [0.15, 0.2) is 49.6 Å². The van der Waals surface area contributed by atoms with E-state index in [1.54, 1.807) is 0 Å². The lowest BCUT2D eigenvalue weighted by Crippen LogP contribution is -2.01. The lowest BCUT2D eigenvalue weighted by atomic mass is 10.3. The Morgan fingerprint density at radius 3 is 1.69 bits per heavy atom. The fourth-order valence-electron chi connectivity index (χ4n) is 1.19. The molecule has 0 spiro atoms. The number of ether oxygens (including phenoxy) is 2. The van der Waals surface area contributed by atoms with Gasteiger partial charge in [-0.3, -0.25) is 0 Å². The van der Waals surface area contributed by atoms with E-state index in [1.807, 2.05) is 36.4 Å². The Morgan fingerprint density at radius 1 is 0.875 bits per heavy atom. The van der Waals surface area contributed by atoms with Crippen molar-refractivity contribution in [2.75, 3.05) is 13.2 Å². The minimum absolute atomic E-state index is 0.630. The summed E-state index contributed by atoms with van der Waals surface area (Å²) in [6.07, 6.45) is 5.34. The molecule has 0 amide bonds. The molecule has 0 aliphatic rings. The predicted octanol–water partition coefficient (Wildman–Crippen LogP) is 3.60. The zero-order valence-corrected chi connectivity index (χ0v) is 9.52. The molecule has 0 aromatic heterocycles. The van der Waals surface area contributed by atoms with Crippen molar-refractivity contribution in [2.24, 2.45) is 0 Å². The first kappa shape index (κ1) is 12.4. The van der Waals surface area contributed by atoms with Crippen LogP contribution >= 0.6 is 0 Å². The first-order chi connectivity index (χ1) is 7.88. The van der Waals surface area contributed by atoms with Crippen LogP contribution in [-0.2, 0) is 0 Å². The van der Waals surface area contributed by atoms with Crippen molar-refractivity contribution in [3.63, 3.8) is 0 Å². The molecule has 0 bridgehead atoms. The fraction of sp³-hybridized carbons (Fsp3) is 0.286. The molecule has 1 aromatic carbocycles. The summed E-state index contributed by atoms with van der Waals surface area (Å²) in [5, 5.41) is 0. The van der Waals surface area contributed by atoms with E-state index in [9.17, 15) is 0 Å². The number of para-hydroxylation sites is 2. The van der Waals surface area contributed by atoms with Crippen molar-refractivity contribution in [3.05, 3.63) is 49.6 Å². The minimum Gasteiger partial charge on any atom is -0.489 e. The third kappa shape index (κ3) is 4.22. The van der Waals surface area contributed by atoms with Crippen LogP contribution in [0, 0.1) is 0 Å². The summed E-state index contributed by atoms with van der Waals surface area (Å²) >= 11 is 0. The van der Waals surface area contributed by atoms with Gasteiger partial charge in [-0.25, -0.2) is 0 Å². The number of hydrogen-bond acceptors (Lipinski definition) is 2. The lowest BCUT2D eigenvalue weighted by Gasteiger charge is -2.11. The maximum absolute atomic E-state index is 5.59. The van der Waals surface area contributed by atoms with Gasteiger partial charge in [0, 0.05) is 0 Å². The maximum atomic E-state index is 5.59. The van der Waals surface area contributed by atoms with Crippen LogP contribution in [0.1, 0.15) is 12.8 Å². The number of benzene rings is 1. The molecule has 0 aliphatic heterocycles. The topological polar surface area (TPSA) is 18.5 Å². The van der Waals surface area contributed by atoms with Crippen LogP contribution in [0.5, 0.6) is 11.5 Å². The first-order valence-corrected chi connectivity index (χ1v) is 5.45. The van der Waals surface area contributed by atoms with Crippen molar-refractivity contribution in [3.8, 4) is 11.5 Å². The van der Waals surface area contributed by atoms with Crippen LogP contribution in [-0.4, -0.2) is 13.2 Å². The van der Waals surface area contributed by atoms with Crippen LogP contribution in [0.3, 0.4) is 0 Å². The maximum Gasteiger partial charge on any atom is 0.161 e. The molecular formula is C14H18O2. The Bertz CT molecular complexity index is 298. The number of rotatable bonds is 8. The second-order valence-electron chi connectivity index (χ2n) is 3.30. The highest BCUT2D eigenvalue weighted by molar-refractivity contribution is 5.39. The van der Waals surface area contributed by atoms with Gasteiger partial charge in [0.05, 0.1) is 13.2 Å². The van der Waals surface area contributed by atoms with Gasteiger partial charge in [0.2, 0.25) is 0 Å². The van der Waals surface area contributed by atoms with E-state index >= 15 is 0 Å². The van der Waals surface area contributed by atoms with Crippen LogP contribution in [0.25, 0.3) is 0 Å². The third-order valence-corrected chi connectivity index (χ3v) is 2.01. The molecule has 0 radical (unpaired) electrons.